The number of ether oxygens (including phenoxy) is 2. The van der Waals surface area contributed by atoms with Gasteiger partial charge in [-0.25, -0.2) is 0 Å². The Bertz CT molecular complexity index is 695. The van der Waals surface area contributed by atoms with E-state index in [4.69, 9.17) is 9.47 Å². The van der Waals surface area contributed by atoms with E-state index in [-0.39, 0.29) is 18.6 Å². The lowest BCUT2D eigenvalue weighted by molar-refractivity contribution is -0.120. The van der Waals surface area contributed by atoms with Gasteiger partial charge in [0.25, 0.3) is 5.91 Å². The lowest BCUT2D eigenvalue weighted by Crippen LogP contribution is -2.40. The van der Waals surface area contributed by atoms with Crippen molar-refractivity contribution in [3.05, 3.63) is 47.8 Å². The molecule has 1 aromatic heterocycles. The number of hydrogen-bond acceptors (Lipinski definition) is 5. The summed E-state index contributed by atoms with van der Waals surface area (Å²) in [5.74, 6) is 0.582. The number of benzene rings is 1. The number of aryl methyl sites for hydroxylation is 2. The Morgan fingerprint density at radius 3 is 2.72 bits per heavy atom. The molecule has 0 spiro atoms. The van der Waals surface area contributed by atoms with Gasteiger partial charge in [-0.05, 0) is 56.0 Å². The van der Waals surface area contributed by atoms with Crippen LogP contribution in [0.5, 0.6) is 5.75 Å². The van der Waals surface area contributed by atoms with Crippen molar-refractivity contribution >= 4 is 11.6 Å². The number of carbonyl (C=O) groups is 1. The van der Waals surface area contributed by atoms with E-state index in [2.05, 4.69) is 16.3 Å². The van der Waals surface area contributed by atoms with E-state index < -0.39 is 0 Å². The average molecular weight is 341 g/mol. The number of hydrogen-bond donors (Lipinski definition) is 0. The van der Waals surface area contributed by atoms with Crippen LogP contribution in [-0.2, 0) is 9.53 Å². The molecule has 0 bridgehead atoms. The van der Waals surface area contributed by atoms with Crippen molar-refractivity contribution in [3.8, 4) is 5.75 Å². The van der Waals surface area contributed by atoms with Crippen LogP contribution in [0.15, 0.2) is 36.7 Å². The highest BCUT2D eigenvalue weighted by molar-refractivity contribution is 5.94. The molecule has 1 atom stereocenters. The van der Waals surface area contributed by atoms with Crippen molar-refractivity contribution < 1.29 is 14.3 Å². The molecule has 0 radical (unpaired) electrons. The number of aromatic nitrogens is 2. The van der Waals surface area contributed by atoms with E-state index in [9.17, 15) is 4.79 Å². The van der Waals surface area contributed by atoms with Crippen molar-refractivity contribution in [1.82, 2.24) is 10.2 Å². The zero-order chi connectivity index (χ0) is 17.6. The van der Waals surface area contributed by atoms with Gasteiger partial charge >= 0.3 is 0 Å². The molecule has 1 unspecified atom stereocenters. The number of carbonyl (C=O) groups excluding carboxylic acids is 1. The third-order valence-electron chi connectivity index (χ3n) is 4.15. The second-order valence-corrected chi connectivity index (χ2v) is 6.35. The van der Waals surface area contributed by atoms with Crippen LogP contribution in [-0.4, -0.2) is 42.0 Å². The van der Waals surface area contributed by atoms with E-state index in [1.54, 1.807) is 23.4 Å². The third-order valence-corrected chi connectivity index (χ3v) is 4.15. The number of nitrogens with zero attached hydrogens (tertiary/aromatic N) is 3. The summed E-state index contributed by atoms with van der Waals surface area (Å²) in [6, 6.07) is 7.70. The Balaban J connectivity index is 1.69. The first-order chi connectivity index (χ1) is 12.1. The van der Waals surface area contributed by atoms with Crippen molar-refractivity contribution in [3.63, 3.8) is 0 Å². The van der Waals surface area contributed by atoms with Gasteiger partial charge in [-0.3, -0.25) is 4.79 Å². The molecule has 0 saturated carbocycles. The molecule has 0 N–H and O–H groups in total. The molecule has 132 valence electrons. The highest BCUT2D eigenvalue weighted by atomic mass is 16.5. The monoisotopic (exact) mass is 341 g/mol. The maximum Gasteiger partial charge on any atom is 0.265 e. The first kappa shape index (κ1) is 17.4. The number of amides is 1. The SMILES string of the molecule is Cc1cc(C)cc(OCC(=O)N(CC2CCCO2)c2ccnnc2)c1. The maximum absolute atomic E-state index is 12.8. The molecule has 1 aliphatic heterocycles. The van der Waals surface area contributed by atoms with E-state index in [0.29, 0.717) is 18.0 Å². The fourth-order valence-electron chi connectivity index (χ4n) is 3.03. The van der Waals surface area contributed by atoms with Gasteiger partial charge in [0.1, 0.15) is 5.75 Å². The van der Waals surface area contributed by atoms with Gasteiger partial charge in [0.05, 0.1) is 30.7 Å². The van der Waals surface area contributed by atoms with Gasteiger partial charge < -0.3 is 14.4 Å². The van der Waals surface area contributed by atoms with Gasteiger partial charge in [0, 0.05) is 6.61 Å². The molecule has 2 aromatic rings. The number of anilines is 1. The first-order valence-electron chi connectivity index (χ1n) is 8.51. The summed E-state index contributed by atoms with van der Waals surface area (Å²) in [7, 11) is 0. The topological polar surface area (TPSA) is 64.5 Å². The van der Waals surface area contributed by atoms with Crippen molar-refractivity contribution in [1.29, 1.82) is 0 Å². The molecular weight excluding hydrogens is 318 g/mol. The van der Waals surface area contributed by atoms with Gasteiger partial charge in [-0.2, -0.15) is 10.2 Å². The molecule has 1 aliphatic rings. The smallest absolute Gasteiger partial charge is 0.265 e. The molecule has 0 aliphatic carbocycles. The largest absolute Gasteiger partial charge is 0.484 e. The molecule has 3 rings (SSSR count). The normalized spacial score (nSPS) is 16.6. The summed E-state index contributed by atoms with van der Waals surface area (Å²) in [6.45, 7) is 5.24. The minimum absolute atomic E-state index is 0.0298. The van der Waals surface area contributed by atoms with Crippen LogP contribution in [0.25, 0.3) is 0 Å². The van der Waals surface area contributed by atoms with Crippen molar-refractivity contribution in [2.24, 2.45) is 0 Å². The fourth-order valence-corrected chi connectivity index (χ4v) is 3.03. The van der Waals surface area contributed by atoms with Crippen molar-refractivity contribution in [2.75, 3.05) is 24.7 Å². The molecule has 1 fully saturated rings. The predicted octanol–water partition coefficient (Wildman–Crippen LogP) is 2.68. The minimum Gasteiger partial charge on any atom is -0.484 e. The van der Waals surface area contributed by atoms with E-state index in [1.807, 2.05) is 26.0 Å². The standard InChI is InChI=1S/C19H23N3O3/c1-14-8-15(2)10-18(9-14)25-13-19(23)22(12-17-4-3-7-24-17)16-5-6-20-21-11-16/h5-6,8-11,17H,3-4,7,12-13H2,1-2H3. The quantitative estimate of drug-likeness (QED) is 0.808. The average Bonchev–Trinajstić information content (AvgIpc) is 3.11. The summed E-state index contributed by atoms with van der Waals surface area (Å²) in [5, 5.41) is 7.66. The minimum atomic E-state index is -0.123. The molecule has 1 aromatic carbocycles. The zero-order valence-corrected chi connectivity index (χ0v) is 14.6. The van der Waals surface area contributed by atoms with Crippen LogP contribution in [0, 0.1) is 13.8 Å². The van der Waals surface area contributed by atoms with E-state index in [0.717, 1.165) is 30.6 Å². The molecule has 1 amide bonds. The maximum atomic E-state index is 12.8. The third kappa shape index (κ3) is 4.76. The highest BCUT2D eigenvalue weighted by Gasteiger charge is 2.24. The summed E-state index contributed by atoms with van der Waals surface area (Å²) in [6.07, 6.45) is 5.21. The Labute approximate surface area is 147 Å². The van der Waals surface area contributed by atoms with Crippen molar-refractivity contribution in [2.45, 2.75) is 32.8 Å². The van der Waals surface area contributed by atoms with Crippen LogP contribution in [0.4, 0.5) is 5.69 Å². The summed E-state index contributed by atoms with van der Waals surface area (Å²) in [4.78, 5) is 14.4. The lowest BCUT2D eigenvalue weighted by Gasteiger charge is -2.25. The highest BCUT2D eigenvalue weighted by Crippen LogP contribution is 2.20. The predicted molar refractivity (Wildman–Crippen MR) is 94.8 cm³/mol. The van der Waals surface area contributed by atoms with E-state index in [1.165, 1.54) is 0 Å². The van der Waals surface area contributed by atoms with Gasteiger partial charge in [0.2, 0.25) is 0 Å². The van der Waals surface area contributed by atoms with Crippen LogP contribution in [0.2, 0.25) is 0 Å². The van der Waals surface area contributed by atoms with Crippen LogP contribution in [0.1, 0.15) is 24.0 Å². The summed E-state index contributed by atoms with van der Waals surface area (Å²) in [5.41, 5.74) is 2.92. The van der Waals surface area contributed by atoms with Crippen LogP contribution >= 0.6 is 0 Å². The Kier molecular flexibility index (Phi) is 5.60. The second kappa shape index (κ2) is 8.07. The fraction of sp³-hybridized carbons (Fsp3) is 0.421. The lowest BCUT2D eigenvalue weighted by atomic mass is 10.1. The molecule has 1 saturated heterocycles. The second-order valence-electron chi connectivity index (χ2n) is 6.35. The van der Waals surface area contributed by atoms with Crippen LogP contribution < -0.4 is 9.64 Å². The van der Waals surface area contributed by atoms with Crippen LogP contribution in [0.3, 0.4) is 0 Å². The first-order valence-corrected chi connectivity index (χ1v) is 8.51. The van der Waals surface area contributed by atoms with Gasteiger partial charge in [-0.15, -0.1) is 0 Å². The molecule has 25 heavy (non-hydrogen) atoms. The summed E-state index contributed by atoms with van der Waals surface area (Å²) < 4.78 is 11.4. The Morgan fingerprint density at radius 2 is 2.08 bits per heavy atom. The molecule has 6 heteroatoms. The zero-order valence-electron chi connectivity index (χ0n) is 14.6. The Morgan fingerprint density at radius 1 is 1.28 bits per heavy atom. The van der Waals surface area contributed by atoms with Gasteiger partial charge in [-0.1, -0.05) is 6.07 Å². The van der Waals surface area contributed by atoms with Gasteiger partial charge in [0.15, 0.2) is 6.61 Å². The molecule has 2 heterocycles. The Hall–Kier alpha value is -2.47. The number of rotatable bonds is 6. The van der Waals surface area contributed by atoms with E-state index >= 15 is 0 Å². The molecule has 6 nitrogen and oxygen atoms in total. The molecular formula is C19H23N3O3. The summed E-state index contributed by atoms with van der Waals surface area (Å²) >= 11 is 0.